The number of hydrogen-bond acceptors (Lipinski definition) is 2. The summed E-state index contributed by atoms with van der Waals surface area (Å²) in [5.41, 5.74) is 2.61. The van der Waals surface area contributed by atoms with E-state index in [1.807, 2.05) is 26.0 Å². The van der Waals surface area contributed by atoms with Gasteiger partial charge in [0.2, 0.25) is 0 Å². The number of halogens is 1. The van der Waals surface area contributed by atoms with E-state index in [-0.39, 0.29) is 0 Å². The van der Waals surface area contributed by atoms with E-state index < -0.39 is 18.0 Å². The number of carbonyl (C=O) groups excluding carboxylic acids is 1. The molecule has 0 heterocycles. The molecule has 18 heavy (non-hydrogen) atoms. The average Bonchev–Trinajstić information content (AvgIpc) is 2.23. The number of carboxylic acids is 1. The minimum atomic E-state index is -1.08. The van der Waals surface area contributed by atoms with Crippen molar-refractivity contribution in [3.8, 4) is 0 Å². The van der Waals surface area contributed by atoms with Gasteiger partial charge in [-0.2, -0.15) is 0 Å². The van der Waals surface area contributed by atoms with Crippen molar-refractivity contribution < 1.29 is 14.7 Å². The van der Waals surface area contributed by atoms with Crippen LogP contribution in [0.3, 0.4) is 0 Å². The Morgan fingerprint density at radius 3 is 2.44 bits per heavy atom. The smallest absolute Gasteiger partial charge is 0.325 e. The summed E-state index contributed by atoms with van der Waals surface area (Å²) >= 11 is 3.36. The van der Waals surface area contributed by atoms with Crippen molar-refractivity contribution in [1.82, 2.24) is 5.32 Å². The lowest BCUT2D eigenvalue weighted by atomic mass is 10.1. The standard InChI is InChI=1S/C12H15BrN2O3/c1-6-4-7(2)10(9(13)5-6)15-12(18)14-8(3)11(16)17/h4-5,8H,1-3H3,(H,16,17)(H2,14,15,18)/t8-/m1/s1. The summed E-state index contributed by atoms with van der Waals surface area (Å²) in [6.45, 7) is 5.22. The number of benzene rings is 1. The number of aryl methyl sites for hydroxylation is 2. The summed E-state index contributed by atoms with van der Waals surface area (Å²) in [4.78, 5) is 22.2. The molecule has 0 saturated carbocycles. The van der Waals surface area contributed by atoms with E-state index in [0.29, 0.717) is 5.69 Å². The van der Waals surface area contributed by atoms with E-state index in [2.05, 4.69) is 26.6 Å². The zero-order chi connectivity index (χ0) is 13.9. The number of carbonyl (C=O) groups is 2. The van der Waals surface area contributed by atoms with Crippen molar-refractivity contribution in [3.63, 3.8) is 0 Å². The highest BCUT2D eigenvalue weighted by Crippen LogP contribution is 2.27. The van der Waals surface area contributed by atoms with Gasteiger partial charge in [-0.15, -0.1) is 0 Å². The largest absolute Gasteiger partial charge is 0.480 e. The molecule has 0 radical (unpaired) electrons. The van der Waals surface area contributed by atoms with Crippen LogP contribution in [0, 0.1) is 13.8 Å². The Balaban J connectivity index is 2.80. The van der Waals surface area contributed by atoms with Gasteiger partial charge in [-0.25, -0.2) is 4.79 Å². The lowest BCUT2D eigenvalue weighted by molar-refractivity contribution is -0.138. The molecule has 6 heteroatoms. The SMILES string of the molecule is Cc1cc(C)c(NC(=O)N[C@H](C)C(=O)O)c(Br)c1. The summed E-state index contributed by atoms with van der Waals surface area (Å²) in [5.74, 6) is -1.08. The predicted octanol–water partition coefficient (Wildman–Crippen LogP) is 2.66. The molecule has 1 aromatic carbocycles. The van der Waals surface area contributed by atoms with Gasteiger partial charge in [0.25, 0.3) is 0 Å². The molecule has 0 spiro atoms. The number of urea groups is 1. The highest BCUT2D eigenvalue weighted by Gasteiger charge is 2.15. The Kier molecular flexibility index (Phi) is 4.72. The van der Waals surface area contributed by atoms with Gasteiger partial charge in [0, 0.05) is 4.47 Å². The molecule has 0 bridgehead atoms. The number of hydrogen-bond donors (Lipinski definition) is 3. The van der Waals surface area contributed by atoms with E-state index in [1.165, 1.54) is 6.92 Å². The van der Waals surface area contributed by atoms with Gasteiger partial charge in [-0.3, -0.25) is 4.79 Å². The maximum absolute atomic E-state index is 11.6. The Morgan fingerprint density at radius 2 is 1.94 bits per heavy atom. The van der Waals surface area contributed by atoms with Crippen molar-refractivity contribution >= 4 is 33.6 Å². The Labute approximate surface area is 114 Å². The zero-order valence-corrected chi connectivity index (χ0v) is 12.0. The fourth-order valence-corrected chi connectivity index (χ4v) is 2.25. The fraction of sp³-hybridized carbons (Fsp3) is 0.333. The topological polar surface area (TPSA) is 78.4 Å². The zero-order valence-electron chi connectivity index (χ0n) is 10.4. The second-order valence-electron chi connectivity index (χ2n) is 4.10. The van der Waals surface area contributed by atoms with Gasteiger partial charge in [0.05, 0.1) is 5.69 Å². The van der Waals surface area contributed by atoms with Gasteiger partial charge in [-0.05, 0) is 53.9 Å². The summed E-state index contributed by atoms with van der Waals surface area (Å²) < 4.78 is 0.762. The van der Waals surface area contributed by atoms with E-state index >= 15 is 0 Å². The Morgan fingerprint density at radius 1 is 1.33 bits per heavy atom. The molecule has 0 fully saturated rings. The number of nitrogens with one attached hydrogen (secondary N) is 2. The maximum atomic E-state index is 11.6. The van der Waals surface area contributed by atoms with Crippen LogP contribution in [0.2, 0.25) is 0 Å². The van der Waals surface area contributed by atoms with Crippen molar-refractivity contribution in [2.45, 2.75) is 26.8 Å². The first-order valence-electron chi connectivity index (χ1n) is 5.38. The first kappa shape index (κ1) is 14.5. The van der Waals surface area contributed by atoms with E-state index in [1.54, 1.807) is 0 Å². The molecule has 1 rings (SSSR count). The Bertz CT molecular complexity index is 465. The molecular weight excluding hydrogens is 300 g/mol. The third-order valence-electron chi connectivity index (χ3n) is 2.39. The number of aliphatic carboxylic acids is 1. The van der Waals surface area contributed by atoms with Gasteiger partial charge in [-0.1, -0.05) is 6.07 Å². The van der Waals surface area contributed by atoms with Crippen LogP contribution in [0.4, 0.5) is 10.5 Å². The molecule has 0 saturated heterocycles. The first-order valence-corrected chi connectivity index (χ1v) is 6.17. The second-order valence-corrected chi connectivity index (χ2v) is 4.95. The lowest BCUT2D eigenvalue weighted by Crippen LogP contribution is -2.41. The van der Waals surface area contributed by atoms with Gasteiger partial charge in [0.15, 0.2) is 0 Å². The van der Waals surface area contributed by atoms with E-state index in [9.17, 15) is 9.59 Å². The molecule has 2 amide bonds. The molecule has 0 aromatic heterocycles. The maximum Gasteiger partial charge on any atom is 0.325 e. The summed E-state index contributed by atoms with van der Waals surface area (Å²) in [7, 11) is 0. The third-order valence-corrected chi connectivity index (χ3v) is 3.01. The highest BCUT2D eigenvalue weighted by atomic mass is 79.9. The van der Waals surface area contributed by atoms with Crippen LogP contribution >= 0.6 is 15.9 Å². The molecule has 0 unspecified atom stereocenters. The first-order chi connectivity index (χ1) is 8.31. The molecule has 1 aromatic rings. The highest BCUT2D eigenvalue weighted by molar-refractivity contribution is 9.10. The van der Waals surface area contributed by atoms with Crippen molar-refractivity contribution in [1.29, 1.82) is 0 Å². The van der Waals surface area contributed by atoms with Crippen LogP contribution in [0.25, 0.3) is 0 Å². The van der Waals surface area contributed by atoms with Crippen LogP contribution in [0.5, 0.6) is 0 Å². The quantitative estimate of drug-likeness (QED) is 0.802. The molecule has 98 valence electrons. The lowest BCUT2D eigenvalue weighted by Gasteiger charge is -2.14. The summed E-state index contributed by atoms with van der Waals surface area (Å²) in [5, 5.41) is 13.6. The molecule has 0 aliphatic heterocycles. The minimum absolute atomic E-state index is 0.544. The van der Waals surface area contributed by atoms with Crippen LogP contribution < -0.4 is 10.6 Å². The van der Waals surface area contributed by atoms with Gasteiger partial charge < -0.3 is 15.7 Å². The molecular formula is C12H15BrN2O3. The number of anilines is 1. The van der Waals surface area contributed by atoms with E-state index in [4.69, 9.17) is 5.11 Å². The molecule has 5 nitrogen and oxygen atoms in total. The van der Waals surface area contributed by atoms with Gasteiger partial charge >= 0.3 is 12.0 Å². The van der Waals surface area contributed by atoms with E-state index in [0.717, 1.165) is 15.6 Å². The summed E-state index contributed by atoms with van der Waals surface area (Å²) in [6, 6.07) is 2.33. The summed E-state index contributed by atoms with van der Waals surface area (Å²) in [6.07, 6.45) is 0. The number of rotatable bonds is 3. The van der Waals surface area contributed by atoms with Crippen LogP contribution in [0.15, 0.2) is 16.6 Å². The molecule has 1 atom stereocenters. The monoisotopic (exact) mass is 314 g/mol. The molecule has 0 aliphatic rings. The number of amides is 2. The van der Waals surface area contributed by atoms with Crippen LogP contribution in [-0.4, -0.2) is 23.1 Å². The van der Waals surface area contributed by atoms with Gasteiger partial charge in [0.1, 0.15) is 6.04 Å². The minimum Gasteiger partial charge on any atom is -0.480 e. The third kappa shape index (κ3) is 3.73. The molecule has 3 N–H and O–H groups in total. The van der Waals surface area contributed by atoms with Crippen LogP contribution in [0.1, 0.15) is 18.1 Å². The number of carboxylic acid groups (broad SMARTS) is 1. The average molecular weight is 315 g/mol. The fourth-order valence-electron chi connectivity index (χ4n) is 1.48. The van der Waals surface area contributed by atoms with Crippen molar-refractivity contribution in [2.24, 2.45) is 0 Å². The normalized spacial score (nSPS) is 11.8. The van der Waals surface area contributed by atoms with Crippen molar-refractivity contribution in [2.75, 3.05) is 5.32 Å². The Hall–Kier alpha value is -1.56. The molecule has 0 aliphatic carbocycles. The van der Waals surface area contributed by atoms with Crippen molar-refractivity contribution in [3.05, 3.63) is 27.7 Å². The predicted molar refractivity (Wildman–Crippen MR) is 72.9 cm³/mol. The second kappa shape index (κ2) is 5.86. The van der Waals surface area contributed by atoms with Crippen LogP contribution in [-0.2, 0) is 4.79 Å².